The molecule has 0 spiro atoms. The van der Waals surface area contributed by atoms with Crippen molar-refractivity contribution in [1.29, 1.82) is 0 Å². The van der Waals surface area contributed by atoms with Gasteiger partial charge < -0.3 is 11.1 Å². The van der Waals surface area contributed by atoms with Crippen LogP contribution in [0.25, 0.3) is 0 Å². The molecule has 0 aliphatic carbocycles. The van der Waals surface area contributed by atoms with Gasteiger partial charge in [-0.05, 0) is 27.2 Å². The van der Waals surface area contributed by atoms with Crippen molar-refractivity contribution in [2.45, 2.75) is 52.6 Å². The molecule has 0 aromatic rings. The molecule has 0 aliphatic heterocycles. The summed E-state index contributed by atoms with van der Waals surface area (Å²) < 4.78 is 0. The Labute approximate surface area is 110 Å². The topological polar surface area (TPSA) is 58.4 Å². The standard InChI is InChI=1S/C12H25N3OS/c1-5-7-14-12(16)10(4)15(9(2)3)8-6-11(13)17/h9-10H,5-8H2,1-4H3,(H2,13,17)(H,14,16). The predicted octanol–water partition coefficient (Wildman–Crippen LogP) is 1.29. The number of hydrogen-bond acceptors (Lipinski definition) is 3. The second-order valence-corrected chi connectivity index (χ2v) is 5.04. The van der Waals surface area contributed by atoms with E-state index in [4.69, 9.17) is 18.0 Å². The number of carbonyl (C=O) groups excluding carboxylic acids is 1. The molecule has 1 unspecified atom stereocenters. The van der Waals surface area contributed by atoms with Gasteiger partial charge in [0.25, 0.3) is 0 Å². The number of thiocarbonyl (C=S) groups is 1. The van der Waals surface area contributed by atoms with Crippen molar-refractivity contribution in [3.63, 3.8) is 0 Å². The second-order valence-electron chi connectivity index (χ2n) is 4.51. The van der Waals surface area contributed by atoms with E-state index in [-0.39, 0.29) is 11.9 Å². The predicted molar refractivity (Wildman–Crippen MR) is 76.0 cm³/mol. The van der Waals surface area contributed by atoms with Crippen molar-refractivity contribution >= 4 is 23.1 Å². The van der Waals surface area contributed by atoms with E-state index < -0.39 is 0 Å². The fraction of sp³-hybridized carbons (Fsp3) is 0.833. The Morgan fingerprint density at radius 3 is 2.41 bits per heavy atom. The van der Waals surface area contributed by atoms with E-state index in [9.17, 15) is 4.79 Å². The highest BCUT2D eigenvalue weighted by molar-refractivity contribution is 7.80. The van der Waals surface area contributed by atoms with Crippen LogP contribution in [0.4, 0.5) is 0 Å². The minimum absolute atomic E-state index is 0.0727. The van der Waals surface area contributed by atoms with E-state index in [0.717, 1.165) is 19.5 Å². The van der Waals surface area contributed by atoms with E-state index in [1.807, 2.05) is 13.8 Å². The summed E-state index contributed by atoms with van der Waals surface area (Å²) in [7, 11) is 0. The third kappa shape index (κ3) is 6.58. The fourth-order valence-corrected chi connectivity index (χ4v) is 1.78. The molecule has 100 valence electrons. The highest BCUT2D eigenvalue weighted by atomic mass is 32.1. The Morgan fingerprint density at radius 1 is 1.41 bits per heavy atom. The lowest BCUT2D eigenvalue weighted by molar-refractivity contribution is -0.126. The second kappa shape index (κ2) is 8.42. The molecule has 0 heterocycles. The minimum Gasteiger partial charge on any atom is -0.393 e. The molecule has 4 nitrogen and oxygen atoms in total. The van der Waals surface area contributed by atoms with Crippen LogP contribution < -0.4 is 11.1 Å². The first-order chi connectivity index (χ1) is 7.90. The van der Waals surface area contributed by atoms with E-state index in [0.29, 0.717) is 17.5 Å². The molecular weight excluding hydrogens is 234 g/mol. The Bertz CT molecular complexity index is 256. The number of carbonyl (C=O) groups is 1. The van der Waals surface area contributed by atoms with Crippen molar-refractivity contribution in [2.75, 3.05) is 13.1 Å². The average molecular weight is 259 g/mol. The van der Waals surface area contributed by atoms with Gasteiger partial charge in [-0.1, -0.05) is 19.1 Å². The van der Waals surface area contributed by atoms with Gasteiger partial charge in [-0.3, -0.25) is 9.69 Å². The van der Waals surface area contributed by atoms with Gasteiger partial charge in [-0.2, -0.15) is 0 Å². The van der Waals surface area contributed by atoms with Crippen molar-refractivity contribution in [2.24, 2.45) is 5.73 Å². The maximum Gasteiger partial charge on any atom is 0.237 e. The van der Waals surface area contributed by atoms with Gasteiger partial charge in [-0.25, -0.2) is 0 Å². The number of nitrogens with two attached hydrogens (primary N) is 1. The van der Waals surface area contributed by atoms with Gasteiger partial charge in [0.05, 0.1) is 11.0 Å². The average Bonchev–Trinajstić information content (AvgIpc) is 2.24. The summed E-state index contributed by atoms with van der Waals surface area (Å²) in [5.74, 6) is 0.0727. The number of nitrogens with zero attached hydrogens (tertiary/aromatic N) is 1. The summed E-state index contributed by atoms with van der Waals surface area (Å²) in [6.45, 7) is 9.56. The molecule has 0 rings (SSSR count). The molecule has 0 aromatic carbocycles. The van der Waals surface area contributed by atoms with Gasteiger partial charge in [0, 0.05) is 25.6 Å². The molecule has 0 aromatic heterocycles. The Hall–Kier alpha value is -0.680. The van der Waals surface area contributed by atoms with Crippen LogP contribution in [0.2, 0.25) is 0 Å². The smallest absolute Gasteiger partial charge is 0.237 e. The van der Waals surface area contributed by atoms with Crippen LogP contribution in [-0.2, 0) is 4.79 Å². The van der Waals surface area contributed by atoms with Crippen LogP contribution in [0.5, 0.6) is 0 Å². The number of hydrogen-bond donors (Lipinski definition) is 2. The lowest BCUT2D eigenvalue weighted by Gasteiger charge is -2.31. The molecule has 5 heteroatoms. The molecule has 0 radical (unpaired) electrons. The van der Waals surface area contributed by atoms with Crippen molar-refractivity contribution in [3.8, 4) is 0 Å². The zero-order valence-corrected chi connectivity index (χ0v) is 12.1. The summed E-state index contributed by atoms with van der Waals surface area (Å²) in [5, 5.41) is 2.91. The molecular formula is C12H25N3OS. The van der Waals surface area contributed by atoms with Gasteiger partial charge in [0.1, 0.15) is 0 Å². The maximum absolute atomic E-state index is 11.9. The summed E-state index contributed by atoms with van der Waals surface area (Å²) in [5.41, 5.74) is 5.50. The normalized spacial score (nSPS) is 12.8. The molecule has 0 bridgehead atoms. The lowest BCUT2D eigenvalue weighted by atomic mass is 10.2. The largest absolute Gasteiger partial charge is 0.393 e. The number of rotatable bonds is 8. The molecule has 1 atom stereocenters. The number of nitrogens with one attached hydrogen (secondary N) is 1. The fourth-order valence-electron chi connectivity index (χ4n) is 1.68. The van der Waals surface area contributed by atoms with Gasteiger partial charge in [-0.15, -0.1) is 0 Å². The maximum atomic E-state index is 11.9. The van der Waals surface area contributed by atoms with Crippen molar-refractivity contribution in [1.82, 2.24) is 10.2 Å². The van der Waals surface area contributed by atoms with Gasteiger partial charge in [0.15, 0.2) is 0 Å². The van der Waals surface area contributed by atoms with Crippen molar-refractivity contribution in [3.05, 3.63) is 0 Å². The van der Waals surface area contributed by atoms with Crippen LogP contribution in [0.1, 0.15) is 40.5 Å². The third-order valence-electron chi connectivity index (χ3n) is 2.71. The molecule has 3 N–H and O–H groups in total. The summed E-state index contributed by atoms with van der Waals surface area (Å²) >= 11 is 4.87. The van der Waals surface area contributed by atoms with E-state index in [2.05, 4.69) is 24.1 Å². The van der Waals surface area contributed by atoms with Crippen LogP contribution in [0.15, 0.2) is 0 Å². The quantitative estimate of drug-likeness (QED) is 0.645. The zero-order valence-electron chi connectivity index (χ0n) is 11.3. The summed E-state index contributed by atoms with van der Waals surface area (Å²) in [4.78, 5) is 14.5. The van der Waals surface area contributed by atoms with Gasteiger partial charge in [0.2, 0.25) is 5.91 Å². The van der Waals surface area contributed by atoms with Gasteiger partial charge >= 0.3 is 0 Å². The highest BCUT2D eigenvalue weighted by Crippen LogP contribution is 2.07. The summed E-state index contributed by atoms with van der Waals surface area (Å²) in [6.07, 6.45) is 1.60. The highest BCUT2D eigenvalue weighted by Gasteiger charge is 2.22. The molecule has 0 aliphatic rings. The van der Waals surface area contributed by atoms with E-state index in [1.165, 1.54) is 0 Å². The Kier molecular flexibility index (Phi) is 8.08. The third-order valence-corrected chi connectivity index (χ3v) is 2.91. The van der Waals surface area contributed by atoms with E-state index >= 15 is 0 Å². The monoisotopic (exact) mass is 259 g/mol. The first kappa shape index (κ1) is 16.3. The van der Waals surface area contributed by atoms with Crippen LogP contribution in [-0.4, -0.2) is 41.0 Å². The SMILES string of the molecule is CCCNC(=O)C(C)N(CCC(N)=S)C(C)C. The van der Waals surface area contributed by atoms with Crippen LogP contribution >= 0.6 is 12.2 Å². The molecule has 0 saturated carbocycles. The minimum atomic E-state index is -0.143. The van der Waals surface area contributed by atoms with E-state index in [1.54, 1.807) is 0 Å². The van der Waals surface area contributed by atoms with Crippen LogP contribution in [0.3, 0.4) is 0 Å². The Morgan fingerprint density at radius 2 is 2.00 bits per heavy atom. The lowest BCUT2D eigenvalue weighted by Crippen LogP contribution is -2.49. The van der Waals surface area contributed by atoms with Crippen molar-refractivity contribution < 1.29 is 4.79 Å². The zero-order chi connectivity index (χ0) is 13.4. The number of amides is 1. The molecule has 1 amide bonds. The Balaban J connectivity index is 4.37. The molecule has 17 heavy (non-hydrogen) atoms. The first-order valence-electron chi connectivity index (χ1n) is 6.21. The molecule has 0 saturated heterocycles. The summed E-state index contributed by atoms with van der Waals surface area (Å²) in [6, 6.07) is 0.155. The molecule has 0 fully saturated rings. The first-order valence-corrected chi connectivity index (χ1v) is 6.62. The van der Waals surface area contributed by atoms with Crippen LogP contribution in [0, 0.1) is 0 Å².